The highest BCUT2D eigenvalue weighted by Crippen LogP contribution is 2.23. The van der Waals surface area contributed by atoms with E-state index in [-0.39, 0.29) is 11.8 Å². The number of nitriles is 1. The third-order valence-electron chi connectivity index (χ3n) is 5.82. The normalized spacial score (nSPS) is 12.5. The van der Waals surface area contributed by atoms with Crippen molar-refractivity contribution < 1.29 is 4.79 Å². The topological polar surface area (TPSA) is 82.7 Å². The summed E-state index contributed by atoms with van der Waals surface area (Å²) >= 11 is 0. The number of aromatic nitrogens is 2. The van der Waals surface area contributed by atoms with E-state index in [2.05, 4.69) is 28.7 Å². The van der Waals surface area contributed by atoms with Gasteiger partial charge >= 0.3 is 0 Å². The van der Waals surface area contributed by atoms with E-state index >= 15 is 0 Å². The van der Waals surface area contributed by atoms with Crippen LogP contribution in [0.5, 0.6) is 0 Å². The van der Waals surface area contributed by atoms with Crippen LogP contribution in [0.15, 0.2) is 91.3 Å². The van der Waals surface area contributed by atoms with Crippen LogP contribution in [-0.2, 0) is 11.8 Å². The lowest BCUT2D eigenvalue weighted by atomic mass is 9.98. The first-order valence-corrected chi connectivity index (χ1v) is 11.2. The lowest BCUT2D eigenvalue weighted by Gasteiger charge is -2.22. The molecular formula is C28H27N5O. The van der Waals surface area contributed by atoms with Crippen LogP contribution < -0.4 is 10.6 Å². The number of nitrogens with zero attached hydrogens (tertiary/aromatic N) is 3. The average Bonchev–Trinajstić information content (AvgIpc) is 3.31. The molecule has 0 spiro atoms. The first kappa shape index (κ1) is 23.0. The van der Waals surface area contributed by atoms with Crippen LogP contribution in [0.25, 0.3) is 11.1 Å². The van der Waals surface area contributed by atoms with E-state index in [1.54, 1.807) is 4.68 Å². The Hall–Kier alpha value is -4.21. The van der Waals surface area contributed by atoms with Crippen LogP contribution in [0, 0.1) is 11.3 Å². The number of amides is 1. The van der Waals surface area contributed by atoms with Gasteiger partial charge in [0.05, 0.1) is 17.8 Å². The van der Waals surface area contributed by atoms with Crippen molar-refractivity contribution in [2.75, 3.05) is 11.9 Å². The zero-order chi connectivity index (χ0) is 23.9. The van der Waals surface area contributed by atoms with E-state index in [0.29, 0.717) is 12.1 Å². The van der Waals surface area contributed by atoms with E-state index in [9.17, 15) is 4.79 Å². The second-order valence-electron chi connectivity index (χ2n) is 8.36. The van der Waals surface area contributed by atoms with Crippen molar-refractivity contribution in [3.8, 4) is 17.2 Å². The predicted octanol–water partition coefficient (Wildman–Crippen LogP) is 5.03. The van der Waals surface area contributed by atoms with E-state index in [1.807, 2.05) is 98.3 Å². The van der Waals surface area contributed by atoms with Gasteiger partial charge in [-0.3, -0.25) is 9.48 Å². The van der Waals surface area contributed by atoms with Gasteiger partial charge in [-0.2, -0.15) is 10.4 Å². The summed E-state index contributed by atoms with van der Waals surface area (Å²) in [5.41, 5.74) is 5.46. The van der Waals surface area contributed by atoms with Crippen molar-refractivity contribution in [1.82, 2.24) is 15.1 Å². The zero-order valence-electron chi connectivity index (χ0n) is 19.3. The second-order valence-corrected chi connectivity index (χ2v) is 8.36. The number of hydrogen-bond acceptors (Lipinski definition) is 4. The number of aryl methyl sites for hydroxylation is 1. The van der Waals surface area contributed by atoms with Gasteiger partial charge in [0.2, 0.25) is 5.91 Å². The molecule has 1 aromatic heterocycles. The molecule has 1 heterocycles. The summed E-state index contributed by atoms with van der Waals surface area (Å²) in [5, 5.41) is 19.7. The van der Waals surface area contributed by atoms with Crippen LogP contribution >= 0.6 is 0 Å². The molecule has 4 aromatic rings. The van der Waals surface area contributed by atoms with Gasteiger partial charge in [0, 0.05) is 31.0 Å². The van der Waals surface area contributed by atoms with Crippen molar-refractivity contribution in [3.05, 3.63) is 108 Å². The maximum atomic E-state index is 13.3. The Balaban J connectivity index is 1.46. The molecule has 3 aromatic carbocycles. The summed E-state index contributed by atoms with van der Waals surface area (Å²) in [6.45, 7) is 2.71. The molecule has 0 bridgehead atoms. The highest BCUT2D eigenvalue weighted by Gasteiger charge is 2.21. The Kier molecular flexibility index (Phi) is 7.16. The quantitative estimate of drug-likeness (QED) is 0.395. The molecule has 170 valence electrons. The maximum Gasteiger partial charge on any atom is 0.246 e. The SMILES string of the molecule is CC(CNC(C(=O)Nc1ccc(-c2cnn(C)c2)cc1)c1ccccc1)c1ccc(C#N)cc1. The van der Waals surface area contributed by atoms with Gasteiger partial charge in [-0.25, -0.2) is 0 Å². The van der Waals surface area contributed by atoms with Crippen LogP contribution in [-0.4, -0.2) is 22.2 Å². The molecule has 0 saturated carbocycles. The molecule has 6 heteroatoms. The number of nitrogens with one attached hydrogen (secondary N) is 2. The summed E-state index contributed by atoms with van der Waals surface area (Å²) in [6.07, 6.45) is 3.77. The molecule has 0 aliphatic heterocycles. The molecule has 0 fully saturated rings. The third-order valence-corrected chi connectivity index (χ3v) is 5.82. The Morgan fingerprint density at radius 1 is 0.971 bits per heavy atom. The number of benzene rings is 3. The zero-order valence-corrected chi connectivity index (χ0v) is 19.3. The smallest absolute Gasteiger partial charge is 0.246 e. The third kappa shape index (κ3) is 5.58. The fraction of sp³-hybridized carbons (Fsp3) is 0.179. The Bertz CT molecular complexity index is 1270. The van der Waals surface area contributed by atoms with Gasteiger partial charge in [0.1, 0.15) is 6.04 Å². The summed E-state index contributed by atoms with van der Waals surface area (Å²) < 4.78 is 1.76. The van der Waals surface area contributed by atoms with Crippen LogP contribution in [0.1, 0.15) is 35.6 Å². The molecule has 6 nitrogen and oxygen atoms in total. The van der Waals surface area contributed by atoms with E-state index in [0.717, 1.165) is 27.9 Å². The van der Waals surface area contributed by atoms with E-state index in [1.165, 1.54) is 0 Å². The molecule has 4 rings (SSSR count). The standard InChI is InChI=1S/C28H27N5O/c1-20(22-10-8-21(16-29)9-11-22)17-30-27(24-6-4-3-5-7-24)28(34)32-26-14-12-23(13-15-26)25-18-31-33(2)19-25/h3-15,18-20,27,30H,17H2,1-2H3,(H,32,34). The molecule has 2 N–H and O–H groups in total. The molecular weight excluding hydrogens is 422 g/mol. The largest absolute Gasteiger partial charge is 0.324 e. The van der Waals surface area contributed by atoms with Gasteiger partial charge < -0.3 is 10.6 Å². The van der Waals surface area contributed by atoms with Gasteiger partial charge in [-0.1, -0.05) is 61.5 Å². The Morgan fingerprint density at radius 2 is 1.68 bits per heavy atom. The molecule has 2 atom stereocenters. The van der Waals surface area contributed by atoms with E-state index < -0.39 is 6.04 Å². The minimum atomic E-state index is -0.500. The van der Waals surface area contributed by atoms with Crippen molar-refractivity contribution in [2.24, 2.45) is 7.05 Å². The molecule has 0 radical (unpaired) electrons. The average molecular weight is 450 g/mol. The summed E-state index contributed by atoms with van der Waals surface area (Å²) in [5.74, 6) is 0.0536. The summed E-state index contributed by atoms with van der Waals surface area (Å²) in [7, 11) is 1.89. The van der Waals surface area contributed by atoms with Crippen LogP contribution in [0.4, 0.5) is 5.69 Å². The van der Waals surface area contributed by atoms with Crippen molar-refractivity contribution >= 4 is 11.6 Å². The minimum Gasteiger partial charge on any atom is -0.324 e. The molecule has 0 aliphatic carbocycles. The highest BCUT2D eigenvalue weighted by atomic mass is 16.2. The number of carbonyl (C=O) groups is 1. The van der Waals surface area contributed by atoms with Crippen LogP contribution in [0.3, 0.4) is 0 Å². The number of rotatable bonds is 8. The molecule has 1 amide bonds. The molecule has 2 unspecified atom stereocenters. The monoisotopic (exact) mass is 449 g/mol. The Morgan fingerprint density at radius 3 is 2.29 bits per heavy atom. The lowest BCUT2D eigenvalue weighted by molar-refractivity contribution is -0.118. The number of carbonyl (C=O) groups excluding carboxylic acids is 1. The molecule has 0 aliphatic rings. The fourth-order valence-corrected chi connectivity index (χ4v) is 3.84. The maximum absolute atomic E-state index is 13.3. The number of hydrogen-bond donors (Lipinski definition) is 2. The first-order chi connectivity index (χ1) is 16.5. The van der Waals surface area contributed by atoms with Crippen molar-refractivity contribution in [1.29, 1.82) is 5.26 Å². The predicted molar refractivity (Wildman–Crippen MR) is 134 cm³/mol. The Labute approximate surface area is 199 Å². The van der Waals surface area contributed by atoms with E-state index in [4.69, 9.17) is 5.26 Å². The summed E-state index contributed by atoms with van der Waals surface area (Å²) in [4.78, 5) is 13.3. The molecule has 34 heavy (non-hydrogen) atoms. The fourth-order valence-electron chi connectivity index (χ4n) is 3.84. The van der Waals surface area contributed by atoms with Crippen LogP contribution in [0.2, 0.25) is 0 Å². The molecule has 0 saturated heterocycles. The van der Waals surface area contributed by atoms with Crippen molar-refractivity contribution in [3.63, 3.8) is 0 Å². The van der Waals surface area contributed by atoms with Gasteiger partial charge in [-0.05, 0) is 46.9 Å². The summed E-state index contributed by atoms with van der Waals surface area (Å²) in [6, 6.07) is 26.7. The second kappa shape index (κ2) is 10.6. The van der Waals surface area contributed by atoms with Crippen molar-refractivity contribution in [2.45, 2.75) is 18.9 Å². The van der Waals surface area contributed by atoms with Gasteiger partial charge in [0.25, 0.3) is 0 Å². The first-order valence-electron chi connectivity index (χ1n) is 11.2. The lowest BCUT2D eigenvalue weighted by Crippen LogP contribution is -2.35. The van der Waals surface area contributed by atoms with Gasteiger partial charge in [-0.15, -0.1) is 0 Å². The minimum absolute atomic E-state index is 0.118. The highest BCUT2D eigenvalue weighted by molar-refractivity contribution is 5.95. The number of anilines is 1. The van der Waals surface area contributed by atoms with Gasteiger partial charge in [0.15, 0.2) is 0 Å².